The first kappa shape index (κ1) is 14.2. The summed E-state index contributed by atoms with van der Waals surface area (Å²) in [6.07, 6.45) is 2.59. The Kier molecular flexibility index (Phi) is 3.52. The number of benzene rings is 1. The van der Waals surface area contributed by atoms with E-state index in [1.165, 1.54) is 0 Å². The molecule has 0 aliphatic carbocycles. The van der Waals surface area contributed by atoms with Gasteiger partial charge in [0, 0.05) is 18.7 Å². The maximum atomic E-state index is 11.8. The van der Waals surface area contributed by atoms with E-state index in [2.05, 4.69) is 10.6 Å². The van der Waals surface area contributed by atoms with Crippen molar-refractivity contribution in [3.63, 3.8) is 0 Å². The van der Waals surface area contributed by atoms with Gasteiger partial charge < -0.3 is 16.4 Å². The van der Waals surface area contributed by atoms with E-state index in [0.717, 1.165) is 23.4 Å². The van der Waals surface area contributed by atoms with Crippen molar-refractivity contribution in [3.05, 3.63) is 17.7 Å². The first-order chi connectivity index (χ1) is 9.95. The Labute approximate surface area is 124 Å². The van der Waals surface area contributed by atoms with Crippen molar-refractivity contribution >= 4 is 32.8 Å². The largest absolute Gasteiger partial charge is 0.397 e. The van der Waals surface area contributed by atoms with Crippen LogP contribution in [-0.2, 0) is 21.1 Å². The van der Waals surface area contributed by atoms with Crippen molar-refractivity contribution < 1.29 is 13.2 Å². The van der Waals surface area contributed by atoms with Gasteiger partial charge in [-0.2, -0.15) is 0 Å². The normalized spacial score (nSPS) is 23.4. The van der Waals surface area contributed by atoms with Crippen LogP contribution in [0.1, 0.15) is 24.8 Å². The highest BCUT2D eigenvalue weighted by Crippen LogP contribution is 2.31. The maximum absolute atomic E-state index is 11.8. The van der Waals surface area contributed by atoms with Crippen LogP contribution >= 0.6 is 0 Å². The average molecular weight is 309 g/mol. The van der Waals surface area contributed by atoms with E-state index in [-0.39, 0.29) is 16.9 Å². The lowest BCUT2D eigenvalue weighted by atomic mass is 10.0. The van der Waals surface area contributed by atoms with Crippen molar-refractivity contribution in [3.8, 4) is 0 Å². The summed E-state index contributed by atoms with van der Waals surface area (Å²) in [6, 6.07) is 3.64. The molecule has 3 rings (SSSR count). The van der Waals surface area contributed by atoms with Crippen LogP contribution in [0.25, 0.3) is 0 Å². The molecule has 0 radical (unpaired) electrons. The lowest BCUT2D eigenvalue weighted by molar-refractivity contribution is -0.116. The third-order valence-corrected chi connectivity index (χ3v) is 6.43. The zero-order valence-corrected chi connectivity index (χ0v) is 12.5. The number of sulfone groups is 1. The van der Waals surface area contributed by atoms with Gasteiger partial charge in [0.05, 0.1) is 22.4 Å². The SMILES string of the molecule is Nc1cc2c(cc1NCC1CCCS1(=O)=O)CCC(=O)N2. The first-order valence-electron chi connectivity index (χ1n) is 7.13. The summed E-state index contributed by atoms with van der Waals surface area (Å²) >= 11 is 0. The van der Waals surface area contributed by atoms with Crippen molar-refractivity contribution in [2.45, 2.75) is 30.9 Å². The average Bonchev–Trinajstić information content (AvgIpc) is 2.75. The monoisotopic (exact) mass is 309 g/mol. The molecule has 7 heteroatoms. The molecule has 1 atom stereocenters. The van der Waals surface area contributed by atoms with E-state index in [4.69, 9.17) is 5.73 Å². The van der Waals surface area contributed by atoms with E-state index < -0.39 is 9.84 Å². The van der Waals surface area contributed by atoms with Gasteiger partial charge in [-0.25, -0.2) is 8.42 Å². The summed E-state index contributed by atoms with van der Waals surface area (Å²) < 4.78 is 23.6. The quantitative estimate of drug-likeness (QED) is 0.727. The highest BCUT2D eigenvalue weighted by molar-refractivity contribution is 7.92. The molecule has 2 heterocycles. The zero-order valence-electron chi connectivity index (χ0n) is 11.7. The molecule has 6 nitrogen and oxygen atoms in total. The predicted octanol–water partition coefficient (Wildman–Crippen LogP) is 1.14. The Morgan fingerprint density at radius 1 is 1.33 bits per heavy atom. The summed E-state index contributed by atoms with van der Waals surface area (Å²) in [5.41, 5.74) is 9.02. The minimum atomic E-state index is -2.96. The van der Waals surface area contributed by atoms with Crippen LogP contribution in [0, 0.1) is 0 Å². The highest BCUT2D eigenvalue weighted by atomic mass is 32.2. The van der Waals surface area contributed by atoms with Crippen molar-refractivity contribution in [1.82, 2.24) is 0 Å². The molecule has 1 fully saturated rings. The van der Waals surface area contributed by atoms with E-state index in [9.17, 15) is 13.2 Å². The molecular weight excluding hydrogens is 290 g/mol. The van der Waals surface area contributed by atoms with E-state index in [0.29, 0.717) is 31.5 Å². The Morgan fingerprint density at radius 2 is 2.14 bits per heavy atom. The Balaban J connectivity index is 1.76. The summed E-state index contributed by atoms with van der Waals surface area (Å²) in [5.74, 6) is 0.282. The Bertz CT molecular complexity index is 685. The van der Waals surface area contributed by atoms with E-state index in [1.54, 1.807) is 6.07 Å². The standard InChI is InChI=1S/C14H19N3O3S/c15-11-7-12-9(3-4-14(18)17-12)6-13(11)16-8-10-2-1-5-21(10,19)20/h6-7,10,16H,1-5,8,15H2,(H,17,18). The maximum Gasteiger partial charge on any atom is 0.224 e. The van der Waals surface area contributed by atoms with Gasteiger partial charge in [0.25, 0.3) is 0 Å². The van der Waals surface area contributed by atoms with E-state index >= 15 is 0 Å². The molecule has 2 aliphatic heterocycles. The molecule has 2 aliphatic rings. The number of anilines is 3. The third-order valence-electron chi connectivity index (χ3n) is 4.15. The minimum Gasteiger partial charge on any atom is -0.397 e. The number of nitrogens with one attached hydrogen (secondary N) is 2. The van der Waals surface area contributed by atoms with Gasteiger partial charge >= 0.3 is 0 Å². The van der Waals surface area contributed by atoms with Crippen LogP contribution in [-0.4, -0.2) is 31.9 Å². The number of fused-ring (bicyclic) bond motifs is 1. The molecule has 1 saturated heterocycles. The summed E-state index contributed by atoms with van der Waals surface area (Å²) in [5, 5.41) is 5.62. The number of hydrogen-bond donors (Lipinski definition) is 3. The molecule has 0 bridgehead atoms. The lowest BCUT2D eigenvalue weighted by Crippen LogP contribution is -2.25. The molecule has 114 valence electrons. The molecule has 21 heavy (non-hydrogen) atoms. The van der Waals surface area contributed by atoms with Crippen molar-refractivity contribution in [2.24, 2.45) is 0 Å². The van der Waals surface area contributed by atoms with Gasteiger partial charge in [0.2, 0.25) is 5.91 Å². The minimum absolute atomic E-state index is 0.000316. The number of aryl methyl sites for hydroxylation is 1. The predicted molar refractivity (Wildman–Crippen MR) is 83.1 cm³/mol. The molecule has 0 aromatic heterocycles. The molecule has 0 spiro atoms. The Hall–Kier alpha value is -1.76. The van der Waals surface area contributed by atoms with Crippen LogP contribution in [0.5, 0.6) is 0 Å². The molecule has 1 aromatic rings. The van der Waals surface area contributed by atoms with Crippen LogP contribution in [0.3, 0.4) is 0 Å². The number of nitrogens with two attached hydrogens (primary N) is 1. The van der Waals surface area contributed by atoms with Gasteiger partial charge in [-0.15, -0.1) is 0 Å². The first-order valence-corrected chi connectivity index (χ1v) is 8.85. The second-order valence-electron chi connectivity index (χ2n) is 5.66. The number of carbonyl (C=O) groups is 1. The van der Waals surface area contributed by atoms with Crippen LogP contribution in [0.2, 0.25) is 0 Å². The van der Waals surface area contributed by atoms with Crippen LogP contribution < -0.4 is 16.4 Å². The zero-order chi connectivity index (χ0) is 15.0. The van der Waals surface area contributed by atoms with Crippen molar-refractivity contribution in [2.75, 3.05) is 28.7 Å². The fraction of sp³-hybridized carbons (Fsp3) is 0.500. The number of amides is 1. The number of hydrogen-bond acceptors (Lipinski definition) is 5. The molecular formula is C14H19N3O3S. The van der Waals surface area contributed by atoms with Gasteiger partial charge in [-0.1, -0.05) is 0 Å². The van der Waals surface area contributed by atoms with Crippen molar-refractivity contribution in [1.29, 1.82) is 0 Å². The smallest absolute Gasteiger partial charge is 0.224 e. The molecule has 1 aromatic carbocycles. The summed E-state index contributed by atoms with van der Waals surface area (Å²) in [4.78, 5) is 11.4. The number of nitrogen functional groups attached to an aromatic ring is 1. The molecule has 4 N–H and O–H groups in total. The second kappa shape index (κ2) is 5.22. The number of carbonyl (C=O) groups excluding carboxylic acids is 1. The molecule has 1 unspecified atom stereocenters. The topological polar surface area (TPSA) is 101 Å². The Morgan fingerprint density at radius 3 is 2.86 bits per heavy atom. The van der Waals surface area contributed by atoms with Gasteiger partial charge in [0.1, 0.15) is 0 Å². The fourth-order valence-electron chi connectivity index (χ4n) is 2.91. The van der Waals surface area contributed by atoms with Gasteiger partial charge in [-0.05, 0) is 37.0 Å². The fourth-order valence-corrected chi connectivity index (χ4v) is 4.68. The van der Waals surface area contributed by atoms with Crippen LogP contribution in [0.4, 0.5) is 17.1 Å². The van der Waals surface area contributed by atoms with Gasteiger partial charge in [-0.3, -0.25) is 4.79 Å². The van der Waals surface area contributed by atoms with Gasteiger partial charge in [0.15, 0.2) is 9.84 Å². The summed E-state index contributed by atoms with van der Waals surface area (Å²) in [7, 11) is -2.96. The molecule has 0 saturated carbocycles. The lowest BCUT2D eigenvalue weighted by Gasteiger charge is -2.20. The summed E-state index contributed by atoms with van der Waals surface area (Å²) in [6.45, 7) is 0.387. The highest BCUT2D eigenvalue weighted by Gasteiger charge is 2.31. The second-order valence-corrected chi connectivity index (χ2v) is 8.06. The van der Waals surface area contributed by atoms with E-state index in [1.807, 2.05) is 6.07 Å². The number of rotatable bonds is 3. The third kappa shape index (κ3) is 2.83. The molecule has 1 amide bonds. The van der Waals surface area contributed by atoms with Crippen LogP contribution in [0.15, 0.2) is 12.1 Å².